The molecule has 1 N–H and O–H groups in total. The Labute approximate surface area is 102 Å². The largest absolute Gasteiger partial charge is 0.364 e. The zero-order chi connectivity index (χ0) is 12.1. The van der Waals surface area contributed by atoms with Crippen molar-refractivity contribution in [3.05, 3.63) is 36.0 Å². The number of para-hydroxylation sites is 1. The second-order valence-corrected chi connectivity index (χ2v) is 4.24. The Morgan fingerprint density at radius 1 is 1.29 bits per heavy atom. The highest BCUT2D eigenvalue weighted by Crippen LogP contribution is 2.20. The molecule has 17 heavy (non-hydrogen) atoms. The van der Waals surface area contributed by atoms with E-state index in [1.165, 1.54) is 16.5 Å². The number of rotatable bonds is 6. The van der Waals surface area contributed by atoms with Crippen LogP contribution in [0, 0.1) is 0 Å². The lowest BCUT2D eigenvalue weighted by atomic mass is 10.1. The monoisotopic (exact) mass is 232 g/mol. The van der Waals surface area contributed by atoms with Crippen LogP contribution in [-0.2, 0) is 18.0 Å². The van der Waals surface area contributed by atoms with Gasteiger partial charge < -0.3 is 14.6 Å². The van der Waals surface area contributed by atoms with Crippen LogP contribution >= 0.6 is 0 Å². The van der Waals surface area contributed by atoms with Gasteiger partial charge in [-0.1, -0.05) is 25.1 Å². The number of nitrogens with one attached hydrogen (secondary N) is 1. The van der Waals surface area contributed by atoms with E-state index in [-0.39, 0.29) is 0 Å². The van der Waals surface area contributed by atoms with E-state index in [2.05, 4.69) is 47.3 Å². The molecule has 3 nitrogen and oxygen atoms in total. The third kappa shape index (κ3) is 2.68. The summed E-state index contributed by atoms with van der Waals surface area (Å²) in [6, 6.07) is 8.57. The van der Waals surface area contributed by atoms with Crippen LogP contribution in [0.25, 0.3) is 10.9 Å². The van der Waals surface area contributed by atoms with Crippen LogP contribution in [0.15, 0.2) is 30.5 Å². The molecule has 3 heteroatoms. The van der Waals surface area contributed by atoms with Gasteiger partial charge in [0, 0.05) is 19.9 Å². The summed E-state index contributed by atoms with van der Waals surface area (Å²) in [6.45, 7) is 4.76. The molecule has 1 aromatic carbocycles. The summed E-state index contributed by atoms with van der Waals surface area (Å²) in [6.07, 6.45) is 3.24. The van der Waals surface area contributed by atoms with E-state index in [0.717, 1.165) is 19.5 Å². The Hall–Kier alpha value is -1.32. The van der Waals surface area contributed by atoms with Crippen molar-refractivity contribution in [2.24, 2.45) is 0 Å². The van der Waals surface area contributed by atoms with Crippen LogP contribution in [0.4, 0.5) is 0 Å². The van der Waals surface area contributed by atoms with Gasteiger partial charge in [0.1, 0.15) is 6.73 Å². The Kier molecular flexibility index (Phi) is 4.18. The quantitative estimate of drug-likeness (QED) is 0.775. The van der Waals surface area contributed by atoms with E-state index in [1.54, 1.807) is 7.11 Å². The summed E-state index contributed by atoms with van der Waals surface area (Å²) >= 11 is 0. The highest BCUT2D eigenvalue weighted by Gasteiger charge is 2.05. The lowest BCUT2D eigenvalue weighted by Gasteiger charge is -2.09. The third-order valence-corrected chi connectivity index (χ3v) is 2.88. The minimum Gasteiger partial charge on any atom is -0.364 e. The van der Waals surface area contributed by atoms with Crippen molar-refractivity contribution >= 4 is 10.9 Å². The van der Waals surface area contributed by atoms with E-state index in [9.17, 15) is 0 Å². The van der Waals surface area contributed by atoms with Crippen LogP contribution < -0.4 is 5.32 Å². The van der Waals surface area contributed by atoms with Crippen LogP contribution in [0.1, 0.15) is 18.9 Å². The summed E-state index contributed by atoms with van der Waals surface area (Å²) < 4.78 is 7.37. The predicted octanol–water partition coefficient (Wildman–Crippen LogP) is 2.74. The number of hydrogen-bond donors (Lipinski definition) is 1. The van der Waals surface area contributed by atoms with Crippen molar-refractivity contribution in [3.63, 3.8) is 0 Å². The summed E-state index contributed by atoms with van der Waals surface area (Å²) in [4.78, 5) is 0. The Bertz CT molecular complexity index is 476. The number of benzene rings is 1. The van der Waals surface area contributed by atoms with Crippen LogP contribution in [0.3, 0.4) is 0 Å². The molecule has 0 fully saturated rings. The predicted molar refractivity (Wildman–Crippen MR) is 70.9 cm³/mol. The van der Waals surface area contributed by atoms with Crippen molar-refractivity contribution in [1.82, 2.24) is 9.88 Å². The summed E-state index contributed by atoms with van der Waals surface area (Å²) in [5.74, 6) is 0. The highest BCUT2D eigenvalue weighted by molar-refractivity contribution is 5.83. The molecule has 0 unspecified atom stereocenters. The topological polar surface area (TPSA) is 26.2 Å². The molecular weight excluding hydrogens is 212 g/mol. The zero-order valence-corrected chi connectivity index (χ0v) is 10.6. The summed E-state index contributed by atoms with van der Waals surface area (Å²) in [5.41, 5.74) is 2.61. The normalized spacial score (nSPS) is 11.2. The van der Waals surface area contributed by atoms with Crippen LogP contribution in [-0.4, -0.2) is 18.2 Å². The van der Waals surface area contributed by atoms with Gasteiger partial charge >= 0.3 is 0 Å². The Morgan fingerprint density at radius 3 is 2.94 bits per heavy atom. The first-order chi connectivity index (χ1) is 8.36. The molecule has 0 saturated carbocycles. The molecule has 0 bridgehead atoms. The van der Waals surface area contributed by atoms with Gasteiger partial charge in [-0.15, -0.1) is 0 Å². The Morgan fingerprint density at radius 2 is 2.18 bits per heavy atom. The first-order valence-electron chi connectivity index (χ1n) is 6.13. The van der Waals surface area contributed by atoms with Gasteiger partial charge in [0.2, 0.25) is 0 Å². The number of ether oxygens (including phenoxy) is 1. The minimum absolute atomic E-state index is 0.605. The van der Waals surface area contributed by atoms with E-state index < -0.39 is 0 Å². The molecular formula is C14H20N2O. The van der Waals surface area contributed by atoms with Gasteiger partial charge in [-0.25, -0.2) is 0 Å². The first-order valence-corrected chi connectivity index (χ1v) is 6.13. The zero-order valence-electron chi connectivity index (χ0n) is 10.6. The minimum atomic E-state index is 0.605. The molecule has 0 amide bonds. The molecule has 0 aliphatic heterocycles. The standard InChI is InChI=1S/C14H20N2O/c1-3-8-15-10-13-6-4-5-12-7-9-16(11-17-2)14(12)13/h4-7,9,15H,3,8,10-11H2,1-2H3. The van der Waals surface area contributed by atoms with Gasteiger partial charge in [0.05, 0.1) is 5.52 Å². The van der Waals surface area contributed by atoms with Crippen molar-refractivity contribution in [2.45, 2.75) is 26.6 Å². The van der Waals surface area contributed by atoms with Crippen molar-refractivity contribution < 1.29 is 4.74 Å². The van der Waals surface area contributed by atoms with Crippen LogP contribution in [0.5, 0.6) is 0 Å². The molecule has 0 spiro atoms. The number of methoxy groups -OCH3 is 1. The lowest BCUT2D eigenvalue weighted by molar-refractivity contribution is 0.135. The fourth-order valence-electron chi connectivity index (χ4n) is 2.13. The molecule has 0 atom stereocenters. The fraction of sp³-hybridized carbons (Fsp3) is 0.429. The molecule has 92 valence electrons. The maximum absolute atomic E-state index is 5.22. The molecule has 1 aromatic heterocycles. The van der Waals surface area contributed by atoms with Crippen molar-refractivity contribution in [3.8, 4) is 0 Å². The number of fused-ring (bicyclic) bond motifs is 1. The van der Waals surface area contributed by atoms with E-state index in [1.807, 2.05) is 0 Å². The molecule has 2 aromatic rings. The van der Waals surface area contributed by atoms with E-state index >= 15 is 0 Å². The summed E-state index contributed by atoms with van der Waals surface area (Å²) in [7, 11) is 1.73. The van der Waals surface area contributed by atoms with Crippen molar-refractivity contribution in [1.29, 1.82) is 0 Å². The van der Waals surface area contributed by atoms with Crippen molar-refractivity contribution in [2.75, 3.05) is 13.7 Å². The van der Waals surface area contributed by atoms with E-state index in [0.29, 0.717) is 6.73 Å². The Balaban J connectivity index is 2.29. The maximum atomic E-state index is 5.22. The van der Waals surface area contributed by atoms with Gasteiger partial charge in [0.25, 0.3) is 0 Å². The van der Waals surface area contributed by atoms with Crippen LogP contribution in [0.2, 0.25) is 0 Å². The van der Waals surface area contributed by atoms with Gasteiger partial charge in [-0.2, -0.15) is 0 Å². The number of hydrogen-bond acceptors (Lipinski definition) is 2. The SMILES string of the molecule is CCCNCc1cccc2ccn(COC)c12. The smallest absolute Gasteiger partial charge is 0.122 e. The highest BCUT2D eigenvalue weighted by atomic mass is 16.5. The molecule has 0 aliphatic carbocycles. The first kappa shape index (κ1) is 12.1. The lowest BCUT2D eigenvalue weighted by Crippen LogP contribution is -2.14. The van der Waals surface area contributed by atoms with E-state index in [4.69, 9.17) is 4.74 Å². The van der Waals surface area contributed by atoms with Gasteiger partial charge in [-0.05, 0) is 30.0 Å². The molecule has 0 aliphatic rings. The fourth-order valence-corrected chi connectivity index (χ4v) is 2.13. The third-order valence-electron chi connectivity index (χ3n) is 2.88. The van der Waals surface area contributed by atoms with Gasteiger partial charge in [0.15, 0.2) is 0 Å². The second-order valence-electron chi connectivity index (χ2n) is 4.24. The molecule has 0 saturated heterocycles. The molecule has 0 radical (unpaired) electrons. The average Bonchev–Trinajstić information content (AvgIpc) is 2.75. The van der Waals surface area contributed by atoms with Gasteiger partial charge in [-0.3, -0.25) is 0 Å². The average molecular weight is 232 g/mol. The maximum Gasteiger partial charge on any atom is 0.122 e. The number of nitrogens with zero attached hydrogens (tertiary/aromatic N) is 1. The molecule has 1 heterocycles. The molecule has 2 rings (SSSR count). The summed E-state index contributed by atoms with van der Waals surface area (Å²) in [5, 5.41) is 4.72. The second kappa shape index (κ2) is 5.84. The number of aromatic nitrogens is 1.